The van der Waals surface area contributed by atoms with E-state index in [1.807, 2.05) is 15.7 Å². The zero-order valence-electron chi connectivity index (χ0n) is 11.4. The summed E-state index contributed by atoms with van der Waals surface area (Å²) in [6.45, 7) is 6.92. The van der Waals surface area contributed by atoms with Crippen molar-refractivity contribution in [3.05, 3.63) is 18.0 Å². The predicted octanol–water partition coefficient (Wildman–Crippen LogP) is 2.35. The van der Waals surface area contributed by atoms with Gasteiger partial charge in [0, 0.05) is 25.8 Å². The van der Waals surface area contributed by atoms with Crippen LogP contribution in [-0.2, 0) is 6.54 Å². The topological polar surface area (TPSA) is 51.3 Å². The maximum Gasteiger partial charge on any atom is 0.270 e. The van der Waals surface area contributed by atoms with Gasteiger partial charge in [0.15, 0.2) is 0 Å². The van der Waals surface area contributed by atoms with Gasteiger partial charge in [-0.05, 0) is 24.8 Å². The molecule has 0 saturated carbocycles. The highest BCUT2D eigenvalue weighted by molar-refractivity contribution is 5.94. The van der Waals surface area contributed by atoms with E-state index in [-0.39, 0.29) is 5.91 Å². The van der Waals surface area contributed by atoms with Gasteiger partial charge >= 0.3 is 0 Å². The van der Waals surface area contributed by atoms with Crippen LogP contribution >= 0.6 is 0 Å². The Morgan fingerprint density at radius 1 is 1.50 bits per heavy atom. The number of hydrogen-bond donors (Lipinski definition) is 1. The molecule has 0 aliphatic carbocycles. The number of hydrogen-bond acceptors (Lipinski definition) is 2. The highest BCUT2D eigenvalue weighted by Crippen LogP contribution is 2.22. The summed E-state index contributed by atoms with van der Waals surface area (Å²) in [5.41, 5.74) is 7.23. The number of carbonyl (C=O) groups is 1. The Morgan fingerprint density at radius 3 is 2.89 bits per heavy atom. The summed E-state index contributed by atoms with van der Waals surface area (Å²) in [6, 6.07) is 1.80. The molecule has 2 heterocycles. The van der Waals surface area contributed by atoms with Crippen LogP contribution in [0.4, 0.5) is 5.69 Å². The van der Waals surface area contributed by atoms with Crippen molar-refractivity contribution in [3.63, 3.8) is 0 Å². The molecule has 1 aromatic heterocycles. The molecule has 18 heavy (non-hydrogen) atoms. The normalized spacial score (nSPS) is 19.4. The van der Waals surface area contributed by atoms with E-state index < -0.39 is 0 Å². The van der Waals surface area contributed by atoms with E-state index in [1.54, 1.807) is 6.07 Å². The van der Waals surface area contributed by atoms with E-state index in [4.69, 9.17) is 5.73 Å². The molecule has 0 bridgehead atoms. The monoisotopic (exact) mass is 249 g/mol. The Morgan fingerprint density at radius 2 is 2.28 bits per heavy atom. The van der Waals surface area contributed by atoms with Gasteiger partial charge in [-0.25, -0.2) is 0 Å². The first-order chi connectivity index (χ1) is 8.65. The van der Waals surface area contributed by atoms with Gasteiger partial charge in [-0.2, -0.15) is 0 Å². The fourth-order valence-corrected chi connectivity index (χ4v) is 2.65. The van der Waals surface area contributed by atoms with Gasteiger partial charge in [-0.15, -0.1) is 0 Å². The maximum absolute atomic E-state index is 12.5. The molecule has 0 spiro atoms. The smallest absolute Gasteiger partial charge is 0.270 e. The van der Waals surface area contributed by atoms with Crippen molar-refractivity contribution in [2.45, 2.75) is 39.7 Å². The van der Waals surface area contributed by atoms with Gasteiger partial charge in [0.2, 0.25) is 0 Å². The molecule has 1 unspecified atom stereocenters. The minimum Gasteiger partial charge on any atom is -0.397 e. The van der Waals surface area contributed by atoms with Crippen molar-refractivity contribution in [2.24, 2.45) is 5.92 Å². The summed E-state index contributed by atoms with van der Waals surface area (Å²) in [5, 5.41) is 0. The number of nitrogen functional groups attached to an aromatic ring is 1. The van der Waals surface area contributed by atoms with Gasteiger partial charge in [-0.3, -0.25) is 4.79 Å². The standard InChI is InChI=1S/C14H23N3O/c1-3-6-16-10-12(15)8-13(16)14(18)17-7-5-11(4-2)9-17/h8,10-11H,3-7,9,15H2,1-2H3. The van der Waals surface area contributed by atoms with Crippen LogP contribution in [0, 0.1) is 5.92 Å². The fraction of sp³-hybridized carbons (Fsp3) is 0.643. The zero-order valence-corrected chi connectivity index (χ0v) is 11.4. The number of nitrogens with two attached hydrogens (primary N) is 1. The summed E-state index contributed by atoms with van der Waals surface area (Å²) in [5.74, 6) is 0.803. The molecular formula is C14H23N3O. The summed E-state index contributed by atoms with van der Waals surface area (Å²) >= 11 is 0. The summed E-state index contributed by atoms with van der Waals surface area (Å²) in [6.07, 6.45) is 5.16. The number of rotatable bonds is 4. The van der Waals surface area contributed by atoms with Crippen LogP contribution in [0.5, 0.6) is 0 Å². The minimum absolute atomic E-state index is 0.135. The summed E-state index contributed by atoms with van der Waals surface area (Å²) in [7, 11) is 0. The summed E-state index contributed by atoms with van der Waals surface area (Å²) < 4.78 is 1.98. The van der Waals surface area contributed by atoms with Crippen molar-refractivity contribution in [2.75, 3.05) is 18.8 Å². The van der Waals surface area contributed by atoms with E-state index in [0.29, 0.717) is 11.6 Å². The highest BCUT2D eigenvalue weighted by atomic mass is 16.2. The molecule has 2 rings (SSSR count). The molecule has 1 saturated heterocycles. The third kappa shape index (κ3) is 2.52. The van der Waals surface area contributed by atoms with Gasteiger partial charge < -0.3 is 15.2 Å². The first-order valence-electron chi connectivity index (χ1n) is 6.90. The third-order valence-corrected chi connectivity index (χ3v) is 3.75. The van der Waals surface area contributed by atoms with Crippen LogP contribution in [0.2, 0.25) is 0 Å². The molecule has 1 aliphatic heterocycles. The maximum atomic E-state index is 12.5. The fourth-order valence-electron chi connectivity index (χ4n) is 2.65. The van der Waals surface area contributed by atoms with E-state index in [0.717, 1.165) is 44.6 Å². The second-order valence-electron chi connectivity index (χ2n) is 5.17. The molecule has 1 amide bonds. The number of aryl methyl sites for hydroxylation is 1. The third-order valence-electron chi connectivity index (χ3n) is 3.75. The molecular weight excluding hydrogens is 226 g/mol. The lowest BCUT2D eigenvalue weighted by Crippen LogP contribution is -2.30. The average molecular weight is 249 g/mol. The number of nitrogens with zero attached hydrogens (tertiary/aromatic N) is 2. The Labute approximate surface area is 109 Å². The Balaban J connectivity index is 2.13. The molecule has 100 valence electrons. The molecule has 1 aromatic rings. The predicted molar refractivity (Wildman–Crippen MR) is 73.4 cm³/mol. The van der Waals surface area contributed by atoms with Crippen LogP contribution in [0.1, 0.15) is 43.6 Å². The van der Waals surface area contributed by atoms with E-state index in [9.17, 15) is 4.79 Å². The van der Waals surface area contributed by atoms with Gasteiger partial charge in [0.25, 0.3) is 5.91 Å². The van der Waals surface area contributed by atoms with E-state index >= 15 is 0 Å². The molecule has 2 N–H and O–H groups in total. The van der Waals surface area contributed by atoms with Crippen molar-refractivity contribution in [1.82, 2.24) is 9.47 Å². The Kier molecular flexibility index (Phi) is 3.94. The molecule has 4 heteroatoms. The van der Waals surface area contributed by atoms with Crippen molar-refractivity contribution in [3.8, 4) is 0 Å². The van der Waals surface area contributed by atoms with Crippen molar-refractivity contribution < 1.29 is 4.79 Å². The van der Waals surface area contributed by atoms with Gasteiger partial charge in [0.1, 0.15) is 5.69 Å². The molecule has 0 radical (unpaired) electrons. The van der Waals surface area contributed by atoms with E-state index in [1.165, 1.54) is 0 Å². The lowest BCUT2D eigenvalue weighted by molar-refractivity contribution is 0.0776. The SMILES string of the molecule is CCCn1cc(N)cc1C(=O)N1CCC(CC)C1. The number of likely N-dealkylation sites (tertiary alicyclic amines) is 1. The molecule has 0 aromatic carbocycles. The van der Waals surface area contributed by atoms with Crippen LogP contribution < -0.4 is 5.73 Å². The molecule has 1 atom stereocenters. The van der Waals surface area contributed by atoms with Gasteiger partial charge in [0.05, 0.1) is 5.69 Å². The number of carbonyl (C=O) groups excluding carboxylic acids is 1. The van der Waals surface area contributed by atoms with Crippen LogP contribution in [-0.4, -0.2) is 28.5 Å². The second-order valence-corrected chi connectivity index (χ2v) is 5.17. The van der Waals surface area contributed by atoms with Gasteiger partial charge in [-0.1, -0.05) is 20.3 Å². The largest absolute Gasteiger partial charge is 0.397 e. The number of aromatic nitrogens is 1. The molecule has 1 fully saturated rings. The molecule has 4 nitrogen and oxygen atoms in total. The van der Waals surface area contributed by atoms with Crippen LogP contribution in [0.25, 0.3) is 0 Å². The quantitative estimate of drug-likeness (QED) is 0.890. The van der Waals surface area contributed by atoms with Crippen LogP contribution in [0.15, 0.2) is 12.3 Å². The van der Waals surface area contributed by atoms with Crippen LogP contribution in [0.3, 0.4) is 0 Å². The Hall–Kier alpha value is -1.45. The first kappa shape index (κ1) is 13.0. The molecule has 1 aliphatic rings. The zero-order chi connectivity index (χ0) is 13.1. The minimum atomic E-state index is 0.135. The van der Waals surface area contributed by atoms with E-state index in [2.05, 4.69) is 13.8 Å². The number of amides is 1. The lowest BCUT2D eigenvalue weighted by Gasteiger charge is -2.17. The lowest BCUT2D eigenvalue weighted by atomic mass is 10.1. The highest BCUT2D eigenvalue weighted by Gasteiger charge is 2.27. The van der Waals surface area contributed by atoms with Crippen molar-refractivity contribution in [1.29, 1.82) is 0 Å². The van der Waals surface area contributed by atoms with Crippen molar-refractivity contribution >= 4 is 11.6 Å². The average Bonchev–Trinajstić information content (AvgIpc) is 2.95. The Bertz CT molecular complexity index is 425. The first-order valence-corrected chi connectivity index (χ1v) is 6.90. The summed E-state index contributed by atoms with van der Waals surface area (Å²) in [4.78, 5) is 14.4. The number of anilines is 1. The second kappa shape index (κ2) is 5.46.